The number of hydrogen-bond acceptors (Lipinski definition) is 3. The second-order valence-electron chi connectivity index (χ2n) is 6.41. The van der Waals surface area contributed by atoms with E-state index in [0.29, 0.717) is 6.79 Å². The van der Waals surface area contributed by atoms with E-state index < -0.39 is 0 Å². The Kier molecular flexibility index (Phi) is 3.31. The summed E-state index contributed by atoms with van der Waals surface area (Å²) in [5, 5.41) is 0. The average molecular weight is 273 g/mol. The minimum Gasteiger partial charge on any atom is -0.454 e. The van der Waals surface area contributed by atoms with Crippen LogP contribution in [0, 0.1) is 5.92 Å². The number of rotatable bonds is 2. The van der Waals surface area contributed by atoms with Crippen molar-refractivity contribution in [2.24, 2.45) is 5.92 Å². The lowest BCUT2D eigenvalue weighted by molar-refractivity contribution is 0.0546. The van der Waals surface area contributed by atoms with Gasteiger partial charge < -0.3 is 9.47 Å². The van der Waals surface area contributed by atoms with Crippen molar-refractivity contribution in [3.63, 3.8) is 0 Å². The summed E-state index contributed by atoms with van der Waals surface area (Å²) >= 11 is 0. The standard InChI is InChI=1S/C17H23NO2/c1-2-6-15-14(4-1)5-3-9-18(15)11-13-7-8-16-17(10-13)20-12-19-16/h7-8,10,14-15H,1-6,9,11-12H2/t14-,15+/m1/s1. The molecule has 1 aromatic rings. The van der Waals surface area contributed by atoms with Crippen molar-refractivity contribution >= 4 is 0 Å². The van der Waals surface area contributed by atoms with E-state index in [1.807, 2.05) is 0 Å². The molecule has 1 saturated heterocycles. The van der Waals surface area contributed by atoms with E-state index in [2.05, 4.69) is 23.1 Å². The molecule has 2 heterocycles. The van der Waals surface area contributed by atoms with E-state index >= 15 is 0 Å². The van der Waals surface area contributed by atoms with Gasteiger partial charge in [0, 0.05) is 12.6 Å². The van der Waals surface area contributed by atoms with Gasteiger partial charge in [-0.2, -0.15) is 0 Å². The zero-order valence-electron chi connectivity index (χ0n) is 12.0. The van der Waals surface area contributed by atoms with Gasteiger partial charge in [-0.25, -0.2) is 0 Å². The van der Waals surface area contributed by atoms with E-state index in [-0.39, 0.29) is 0 Å². The second kappa shape index (κ2) is 5.28. The molecule has 3 aliphatic rings. The van der Waals surface area contributed by atoms with Gasteiger partial charge >= 0.3 is 0 Å². The van der Waals surface area contributed by atoms with Gasteiger partial charge in [0.15, 0.2) is 11.5 Å². The Morgan fingerprint density at radius 1 is 1.00 bits per heavy atom. The van der Waals surface area contributed by atoms with Crippen LogP contribution in [0.1, 0.15) is 44.1 Å². The number of hydrogen-bond donors (Lipinski definition) is 0. The first-order valence-corrected chi connectivity index (χ1v) is 8.03. The summed E-state index contributed by atoms with van der Waals surface area (Å²) in [5.74, 6) is 2.76. The monoisotopic (exact) mass is 273 g/mol. The van der Waals surface area contributed by atoms with Crippen molar-refractivity contribution in [3.05, 3.63) is 23.8 Å². The summed E-state index contributed by atoms with van der Waals surface area (Å²) in [6.07, 6.45) is 8.52. The maximum Gasteiger partial charge on any atom is 0.231 e. The van der Waals surface area contributed by atoms with Crippen molar-refractivity contribution < 1.29 is 9.47 Å². The predicted octanol–water partition coefficient (Wildman–Crippen LogP) is 3.57. The van der Waals surface area contributed by atoms with Crippen molar-refractivity contribution in [2.75, 3.05) is 13.3 Å². The van der Waals surface area contributed by atoms with Crippen molar-refractivity contribution in [1.82, 2.24) is 4.90 Å². The van der Waals surface area contributed by atoms with E-state index in [0.717, 1.165) is 30.0 Å². The van der Waals surface area contributed by atoms with Crippen LogP contribution in [0.25, 0.3) is 0 Å². The Morgan fingerprint density at radius 3 is 2.85 bits per heavy atom. The summed E-state index contributed by atoms with van der Waals surface area (Å²) in [4.78, 5) is 2.71. The lowest BCUT2D eigenvalue weighted by atomic mass is 9.78. The van der Waals surface area contributed by atoms with Gasteiger partial charge in [0.25, 0.3) is 0 Å². The molecule has 0 amide bonds. The van der Waals surface area contributed by atoms with Crippen LogP contribution in [0.5, 0.6) is 11.5 Å². The van der Waals surface area contributed by atoms with Crippen LogP contribution in [-0.4, -0.2) is 24.3 Å². The molecule has 0 unspecified atom stereocenters. The quantitative estimate of drug-likeness (QED) is 0.822. The van der Waals surface area contributed by atoms with E-state index in [4.69, 9.17) is 9.47 Å². The summed E-state index contributed by atoms with van der Waals surface area (Å²) in [6.45, 7) is 2.70. The molecule has 3 heteroatoms. The average Bonchev–Trinajstić information content (AvgIpc) is 2.95. The van der Waals surface area contributed by atoms with Crippen LogP contribution in [0.4, 0.5) is 0 Å². The molecule has 2 aliphatic heterocycles. The molecule has 1 aromatic carbocycles. The molecule has 1 saturated carbocycles. The van der Waals surface area contributed by atoms with Gasteiger partial charge in [0.2, 0.25) is 6.79 Å². The van der Waals surface area contributed by atoms with E-state index in [9.17, 15) is 0 Å². The fourth-order valence-electron chi connectivity index (χ4n) is 4.20. The third-order valence-electron chi connectivity index (χ3n) is 5.18. The zero-order chi connectivity index (χ0) is 13.4. The Labute approximate surface area is 120 Å². The number of fused-ring (bicyclic) bond motifs is 2. The summed E-state index contributed by atoms with van der Waals surface area (Å²) in [6, 6.07) is 7.23. The van der Waals surface area contributed by atoms with Crippen LogP contribution < -0.4 is 9.47 Å². The van der Waals surface area contributed by atoms with Crippen LogP contribution in [0.15, 0.2) is 18.2 Å². The Morgan fingerprint density at radius 2 is 1.85 bits per heavy atom. The van der Waals surface area contributed by atoms with Crippen molar-refractivity contribution in [3.8, 4) is 11.5 Å². The first kappa shape index (κ1) is 12.5. The van der Waals surface area contributed by atoms with E-state index in [1.54, 1.807) is 0 Å². The van der Waals surface area contributed by atoms with Crippen LogP contribution in [-0.2, 0) is 6.54 Å². The highest BCUT2D eigenvalue weighted by molar-refractivity contribution is 5.44. The molecular weight excluding hydrogens is 250 g/mol. The van der Waals surface area contributed by atoms with Gasteiger partial charge in [-0.15, -0.1) is 0 Å². The molecule has 2 fully saturated rings. The third kappa shape index (κ3) is 2.28. The Balaban J connectivity index is 1.50. The van der Waals surface area contributed by atoms with Gasteiger partial charge in [-0.1, -0.05) is 18.9 Å². The largest absolute Gasteiger partial charge is 0.454 e. The van der Waals surface area contributed by atoms with Gasteiger partial charge in [-0.05, 0) is 55.8 Å². The van der Waals surface area contributed by atoms with Gasteiger partial charge in [0.05, 0.1) is 0 Å². The number of ether oxygens (including phenoxy) is 2. The zero-order valence-corrected chi connectivity index (χ0v) is 12.0. The molecule has 0 bridgehead atoms. The van der Waals surface area contributed by atoms with Gasteiger partial charge in [-0.3, -0.25) is 4.90 Å². The lowest BCUT2D eigenvalue weighted by Crippen LogP contribution is -2.46. The maximum atomic E-state index is 5.49. The van der Waals surface area contributed by atoms with Crippen molar-refractivity contribution in [2.45, 2.75) is 51.1 Å². The Hall–Kier alpha value is -1.22. The molecule has 0 spiro atoms. The molecular formula is C17H23NO2. The molecule has 0 radical (unpaired) electrons. The van der Waals surface area contributed by atoms with E-state index in [1.165, 1.54) is 50.6 Å². The van der Waals surface area contributed by atoms with Crippen LogP contribution in [0.3, 0.4) is 0 Å². The number of benzene rings is 1. The first-order valence-electron chi connectivity index (χ1n) is 8.03. The normalized spacial score (nSPS) is 29.2. The molecule has 3 nitrogen and oxygen atoms in total. The second-order valence-corrected chi connectivity index (χ2v) is 6.41. The highest BCUT2D eigenvalue weighted by Gasteiger charge is 2.33. The topological polar surface area (TPSA) is 21.7 Å². The maximum absolute atomic E-state index is 5.49. The highest BCUT2D eigenvalue weighted by Crippen LogP contribution is 2.37. The fraction of sp³-hybridized carbons (Fsp3) is 0.647. The van der Waals surface area contributed by atoms with Crippen LogP contribution in [0.2, 0.25) is 0 Å². The minimum atomic E-state index is 0.368. The fourth-order valence-corrected chi connectivity index (χ4v) is 4.20. The smallest absolute Gasteiger partial charge is 0.231 e. The summed E-state index contributed by atoms with van der Waals surface area (Å²) in [7, 11) is 0. The highest BCUT2D eigenvalue weighted by atomic mass is 16.7. The van der Waals surface area contributed by atoms with Crippen LogP contribution >= 0.6 is 0 Å². The SMILES string of the molecule is c1cc2c(cc1CN1CCC[C@H]3CCCC[C@@H]31)OCO2. The summed E-state index contributed by atoms with van der Waals surface area (Å²) < 4.78 is 10.9. The Bertz CT molecular complexity index is 486. The number of likely N-dealkylation sites (tertiary alicyclic amines) is 1. The molecule has 2 atom stereocenters. The molecule has 20 heavy (non-hydrogen) atoms. The lowest BCUT2D eigenvalue weighted by Gasteiger charge is -2.44. The molecule has 0 N–H and O–H groups in total. The molecule has 4 rings (SSSR count). The first-order chi connectivity index (χ1) is 9.90. The van der Waals surface area contributed by atoms with Gasteiger partial charge in [0.1, 0.15) is 0 Å². The predicted molar refractivity (Wildman–Crippen MR) is 78.0 cm³/mol. The minimum absolute atomic E-state index is 0.368. The molecule has 108 valence electrons. The molecule has 1 aliphatic carbocycles. The van der Waals surface area contributed by atoms with Crippen molar-refractivity contribution in [1.29, 1.82) is 0 Å². The molecule has 0 aromatic heterocycles. The number of piperidine rings is 1. The number of nitrogens with zero attached hydrogens (tertiary/aromatic N) is 1. The third-order valence-corrected chi connectivity index (χ3v) is 5.18. The summed E-state index contributed by atoms with van der Waals surface area (Å²) in [5.41, 5.74) is 1.36.